The van der Waals surface area contributed by atoms with Crippen molar-refractivity contribution in [1.29, 1.82) is 0 Å². The molecule has 1 aromatic rings. The van der Waals surface area contributed by atoms with Gasteiger partial charge in [-0.1, -0.05) is 13.8 Å². The number of amides is 2. The number of nitrogens with one attached hydrogen (secondary N) is 2. The van der Waals surface area contributed by atoms with Gasteiger partial charge in [0.05, 0.1) is 5.56 Å². The first-order valence-electron chi connectivity index (χ1n) is 6.54. The first-order chi connectivity index (χ1) is 9.31. The molecule has 0 saturated carbocycles. The highest BCUT2D eigenvalue weighted by atomic mass is 16.2. The van der Waals surface area contributed by atoms with E-state index < -0.39 is 11.9 Å². The number of nitrogen functional groups attached to an aromatic ring is 2. The Balaban J connectivity index is 2.63. The summed E-state index contributed by atoms with van der Waals surface area (Å²) in [5, 5.41) is 5.37. The van der Waals surface area contributed by atoms with Crippen LogP contribution in [0, 0.1) is 5.92 Å². The highest BCUT2D eigenvalue weighted by Crippen LogP contribution is 2.15. The van der Waals surface area contributed by atoms with Gasteiger partial charge in [-0.3, -0.25) is 9.59 Å². The van der Waals surface area contributed by atoms with Gasteiger partial charge in [0, 0.05) is 17.9 Å². The van der Waals surface area contributed by atoms with Crippen LogP contribution in [0.3, 0.4) is 0 Å². The molecule has 0 saturated heterocycles. The van der Waals surface area contributed by atoms with Crippen molar-refractivity contribution in [3.05, 3.63) is 23.8 Å². The summed E-state index contributed by atoms with van der Waals surface area (Å²) in [5.41, 5.74) is 12.4. The monoisotopic (exact) mass is 278 g/mol. The molecule has 6 N–H and O–H groups in total. The summed E-state index contributed by atoms with van der Waals surface area (Å²) in [5.74, 6) is -0.259. The SMILES string of the molecule is CC(C)CNC(=O)C(C)NC(=O)c1ccc(N)cc1N. The van der Waals surface area contributed by atoms with Crippen LogP contribution >= 0.6 is 0 Å². The summed E-state index contributed by atoms with van der Waals surface area (Å²) in [6.07, 6.45) is 0. The van der Waals surface area contributed by atoms with Crippen molar-refractivity contribution < 1.29 is 9.59 Å². The van der Waals surface area contributed by atoms with Crippen molar-refractivity contribution in [3.8, 4) is 0 Å². The topological polar surface area (TPSA) is 110 Å². The van der Waals surface area contributed by atoms with Crippen LogP contribution < -0.4 is 22.1 Å². The van der Waals surface area contributed by atoms with Crippen LogP contribution in [-0.2, 0) is 4.79 Å². The molecule has 0 radical (unpaired) electrons. The first kappa shape index (κ1) is 15.8. The van der Waals surface area contributed by atoms with E-state index in [-0.39, 0.29) is 11.6 Å². The molecule has 110 valence electrons. The number of carbonyl (C=O) groups excluding carboxylic acids is 2. The molecule has 1 rings (SSSR count). The molecule has 0 aliphatic carbocycles. The second kappa shape index (κ2) is 6.79. The lowest BCUT2D eigenvalue weighted by atomic mass is 10.1. The number of carbonyl (C=O) groups is 2. The van der Waals surface area contributed by atoms with Crippen molar-refractivity contribution in [3.63, 3.8) is 0 Å². The third-order valence-corrected chi connectivity index (χ3v) is 2.75. The minimum absolute atomic E-state index is 0.221. The minimum atomic E-state index is -0.627. The van der Waals surface area contributed by atoms with Crippen molar-refractivity contribution in [1.82, 2.24) is 10.6 Å². The normalized spacial score (nSPS) is 12.0. The highest BCUT2D eigenvalue weighted by Gasteiger charge is 2.17. The van der Waals surface area contributed by atoms with Crippen LogP contribution in [0.2, 0.25) is 0 Å². The van der Waals surface area contributed by atoms with Crippen LogP contribution in [0.5, 0.6) is 0 Å². The largest absolute Gasteiger partial charge is 0.399 e. The lowest BCUT2D eigenvalue weighted by molar-refractivity contribution is -0.122. The quantitative estimate of drug-likeness (QED) is 0.595. The van der Waals surface area contributed by atoms with E-state index in [1.165, 1.54) is 6.07 Å². The Labute approximate surface area is 118 Å². The Morgan fingerprint density at radius 3 is 2.40 bits per heavy atom. The fourth-order valence-electron chi connectivity index (χ4n) is 1.59. The second-order valence-electron chi connectivity index (χ2n) is 5.18. The molecule has 0 aromatic heterocycles. The third kappa shape index (κ3) is 4.46. The predicted octanol–water partition coefficient (Wildman–Crippen LogP) is 0.742. The van der Waals surface area contributed by atoms with E-state index in [0.29, 0.717) is 23.7 Å². The standard InChI is InChI=1S/C14H22N4O2/c1-8(2)7-17-13(19)9(3)18-14(20)11-5-4-10(15)6-12(11)16/h4-6,8-9H,7,15-16H2,1-3H3,(H,17,19)(H,18,20). The molecule has 6 nitrogen and oxygen atoms in total. The maximum atomic E-state index is 12.0. The lowest BCUT2D eigenvalue weighted by Gasteiger charge is -2.16. The molecule has 0 spiro atoms. The molecule has 6 heteroatoms. The van der Waals surface area contributed by atoms with E-state index in [2.05, 4.69) is 10.6 Å². The maximum absolute atomic E-state index is 12.0. The third-order valence-electron chi connectivity index (χ3n) is 2.75. The van der Waals surface area contributed by atoms with Gasteiger partial charge in [0.2, 0.25) is 5.91 Å². The van der Waals surface area contributed by atoms with E-state index in [0.717, 1.165) is 0 Å². The van der Waals surface area contributed by atoms with Crippen molar-refractivity contribution in [2.75, 3.05) is 18.0 Å². The number of nitrogens with two attached hydrogens (primary N) is 2. The Kier molecular flexibility index (Phi) is 5.37. The number of hydrogen-bond donors (Lipinski definition) is 4. The Morgan fingerprint density at radius 2 is 1.85 bits per heavy atom. The van der Waals surface area contributed by atoms with Gasteiger partial charge >= 0.3 is 0 Å². The molecular weight excluding hydrogens is 256 g/mol. The van der Waals surface area contributed by atoms with Crippen molar-refractivity contribution in [2.45, 2.75) is 26.8 Å². The summed E-state index contributed by atoms with van der Waals surface area (Å²) < 4.78 is 0. The van der Waals surface area contributed by atoms with Gasteiger partial charge < -0.3 is 22.1 Å². The Hall–Kier alpha value is -2.24. The lowest BCUT2D eigenvalue weighted by Crippen LogP contribution is -2.45. The molecule has 0 aliphatic heterocycles. The summed E-state index contributed by atoms with van der Waals surface area (Å²) in [6.45, 7) is 6.20. The van der Waals surface area contributed by atoms with Gasteiger partial charge in [-0.25, -0.2) is 0 Å². The number of hydrogen-bond acceptors (Lipinski definition) is 4. The molecule has 1 aromatic carbocycles. The van der Waals surface area contributed by atoms with E-state index in [1.54, 1.807) is 19.1 Å². The van der Waals surface area contributed by atoms with Gasteiger partial charge in [0.1, 0.15) is 6.04 Å². The molecule has 1 unspecified atom stereocenters. The van der Waals surface area contributed by atoms with Gasteiger partial charge in [-0.2, -0.15) is 0 Å². The molecule has 1 atom stereocenters. The molecule has 2 amide bonds. The highest BCUT2D eigenvalue weighted by molar-refractivity contribution is 6.01. The predicted molar refractivity (Wildman–Crippen MR) is 80.0 cm³/mol. The Bertz CT molecular complexity index is 500. The average molecular weight is 278 g/mol. The fourth-order valence-corrected chi connectivity index (χ4v) is 1.59. The molecule has 0 fully saturated rings. The van der Waals surface area contributed by atoms with Crippen LogP contribution in [0.25, 0.3) is 0 Å². The fraction of sp³-hybridized carbons (Fsp3) is 0.429. The summed E-state index contributed by atoms with van der Waals surface area (Å²) in [6, 6.07) is 4.02. The zero-order chi connectivity index (χ0) is 15.3. The van der Waals surface area contributed by atoms with Crippen LogP contribution in [-0.4, -0.2) is 24.4 Å². The van der Waals surface area contributed by atoms with Gasteiger partial charge in [0.15, 0.2) is 0 Å². The molecule has 0 heterocycles. The van der Waals surface area contributed by atoms with Crippen molar-refractivity contribution in [2.24, 2.45) is 5.92 Å². The van der Waals surface area contributed by atoms with E-state index in [4.69, 9.17) is 11.5 Å². The number of rotatable bonds is 5. The number of anilines is 2. The average Bonchev–Trinajstić information content (AvgIpc) is 2.35. The zero-order valence-corrected chi connectivity index (χ0v) is 12.1. The zero-order valence-electron chi connectivity index (χ0n) is 12.1. The van der Waals surface area contributed by atoms with E-state index in [1.807, 2.05) is 13.8 Å². The molecular formula is C14H22N4O2. The second-order valence-corrected chi connectivity index (χ2v) is 5.18. The van der Waals surface area contributed by atoms with Gasteiger partial charge in [0.25, 0.3) is 5.91 Å². The number of benzene rings is 1. The van der Waals surface area contributed by atoms with Gasteiger partial charge in [-0.15, -0.1) is 0 Å². The first-order valence-corrected chi connectivity index (χ1v) is 6.54. The Morgan fingerprint density at radius 1 is 1.20 bits per heavy atom. The molecule has 0 aliphatic rings. The van der Waals surface area contributed by atoms with E-state index in [9.17, 15) is 9.59 Å². The summed E-state index contributed by atoms with van der Waals surface area (Å²) in [4.78, 5) is 23.8. The van der Waals surface area contributed by atoms with Crippen LogP contribution in [0.1, 0.15) is 31.1 Å². The minimum Gasteiger partial charge on any atom is -0.399 e. The molecule has 0 bridgehead atoms. The van der Waals surface area contributed by atoms with Gasteiger partial charge in [-0.05, 0) is 31.0 Å². The summed E-state index contributed by atoms with van der Waals surface area (Å²) >= 11 is 0. The smallest absolute Gasteiger partial charge is 0.254 e. The van der Waals surface area contributed by atoms with Crippen LogP contribution in [0.4, 0.5) is 11.4 Å². The van der Waals surface area contributed by atoms with Crippen LogP contribution in [0.15, 0.2) is 18.2 Å². The van der Waals surface area contributed by atoms with E-state index >= 15 is 0 Å². The van der Waals surface area contributed by atoms with Crippen molar-refractivity contribution >= 4 is 23.2 Å². The molecule has 20 heavy (non-hydrogen) atoms. The summed E-state index contributed by atoms with van der Waals surface area (Å²) in [7, 11) is 0. The maximum Gasteiger partial charge on any atom is 0.254 e.